The third-order valence-corrected chi connectivity index (χ3v) is 3.93. The van der Waals surface area contributed by atoms with Gasteiger partial charge in [-0.2, -0.15) is 0 Å². The van der Waals surface area contributed by atoms with Crippen molar-refractivity contribution in [3.8, 4) is 0 Å². The van der Waals surface area contributed by atoms with Gasteiger partial charge in [0, 0.05) is 6.04 Å². The van der Waals surface area contributed by atoms with E-state index >= 15 is 0 Å². The van der Waals surface area contributed by atoms with Crippen LogP contribution in [0.25, 0.3) is 0 Å². The molecule has 0 aromatic carbocycles. The lowest BCUT2D eigenvalue weighted by Gasteiger charge is -2.24. The average Bonchev–Trinajstić information content (AvgIpc) is 2.50. The molecule has 1 heterocycles. The maximum atomic E-state index is 3.62. The van der Waals surface area contributed by atoms with Crippen LogP contribution in [0.15, 0.2) is 0 Å². The van der Waals surface area contributed by atoms with Gasteiger partial charge in [0.15, 0.2) is 0 Å². The second kappa shape index (κ2) is 4.99. The molecule has 1 aliphatic heterocycles. The summed E-state index contributed by atoms with van der Waals surface area (Å²) in [5, 5.41) is 3.62. The molecule has 1 saturated heterocycles. The Kier molecular flexibility index (Phi) is 4.24. The molecule has 1 unspecified atom stereocenters. The largest absolute Gasteiger partial charge is 0.314 e. The van der Waals surface area contributed by atoms with Gasteiger partial charge in [-0.3, -0.25) is 0 Å². The maximum absolute atomic E-state index is 3.62. The van der Waals surface area contributed by atoms with Gasteiger partial charge in [0.1, 0.15) is 0 Å². The number of rotatable bonds is 4. The van der Waals surface area contributed by atoms with Crippen LogP contribution in [0.1, 0.15) is 47.0 Å². The van der Waals surface area contributed by atoms with Gasteiger partial charge >= 0.3 is 0 Å². The predicted octanol–water partition coefficient (Wildman–Crippen LogP) is 3.06. The monoisotopic (exact) mass is 183 g/mol. The number of nitrogens with one attached hydrogen (secondary N) is 1. The van der Waals surface area contributed by atoms with Crippen LogP contribution in [0.3, 0.4) is 0 Å². The Bertz CT molecular complexity index is 144. The van der Waals surface area contributed by atoms with Crippen molar-refractivity contribution in [3.63, 3.8) is 0 Å². The molecular weight excluding hydrogens is 158 g/mol. The third kappa shape index (κ3) is 2.98. The fourth-order valence-corrected chi connectivity index (χ4v) is 2.25. The summed E-state index contributed by atoms with van der Waals surface area (Å²) in [4.78, 5) is 0. The standard InChI is InChI=1S/C12H25N/c1-5-9(2)11(4)8-12-10(3)6-7-13-12/h9-13H,5-8H2,1-4H3/t9-,10-,11-,12?/m0/s1. The Morgan fingerprint density at radius 1 is 1.31 bits per heavy atom. The Morgan fingerprint density at radius 3 is 2.46 bits per heavy atom. The lowest BCUT2D eigenvalue weighted by Crippen LogP contribution is -2.29. The van der Waals surface area contributed by atoms with Gasteiger partial charge in [-0.1, -0.05) is 34.1 Å². The van der Waals surface area contributed by atoms with E-state index in [-0.39, 0.29) is 0 Å². The first-order valence-electron chi connectivity index (χ1n) is 5.88. The van der Waals surface area contributed by atoms with Crippen molar-refractivity contribution in [3.05, 3.63) is 0 Å². The quantitative estimate of drug-likeness (QED) is 0.706. The highest BCUT2D eigenvalue weighted by molar-refractivity contribution is 4.82. The van der Waals surface area contributed by atoms with Crippen molar-refractivity contribution in [2.45, 2.75) is 53.0 Å². The summed E-state index contributed by atoms with van der Waals surface area (Å²) in [5.74, 6) is 2.66. The van der Waals surface area contributed by atoms with Gasteiger partial charge in [0.25, 0.3) is 0 Å². The van der Waals surface area contributed by atoms with E-state index in [4.69, 9.17) is 0 Å². The Labute approximate surface area is 83.3 Å². The molecule has 0 spiro atoms. The predicted molar refractivity (Wildman–Crippen MR) is 58.8 cm³/mol. The smallest absolute Gasteiger partial charge is 0.00958 e. The molecule has 1 nitrogen and oxygen atoms in total. The summed E-state index contributed by atoms with van der Waals surface area (Å²) < 4.78 is 0. The van der Waals surface area contributed by atoms with Crippen molar-refractivity contribution in [1.29, 1.82) is 0 Å². The molecule has 1 heteroatoms. The SMILES string of the molecule is CC[C@H](C)[C@@H](C)CC1NCC[C@@H]1C. The second-order valence-corrected chi connectivity index (χ2v) is 4.93. The van der Waals surface area contributed by atoms with Crippen LogP contribution >= 0.6 is 0 Å². The fraction of sp³-hybridized carbons (Fsp3) is 1.00. The van der Waals surface area contributed by atoms with Gasteiger partial charge < -0.3 is 5.32 Å². The molecule has 1 fully saturated rings. The van der Waals surface area contributed by atoms with Crippen molar-refractivity contribution in [2.75, 3.05) is 6.54 Å². The lowest BCUT2D eigenvalue weighted by molar-refractivity contribution is 0.297. The third-order valence-electron chi connectivity index (χ3n) is 3.93. The minimum Gasteiger partial charge on any atom is -0.314 e. The van der Waals surface area contributed by atoms with E-state index in [9.17, 15) is 0 Å². The highest BCUT2D eigenvalue weighted by atomic mass is 14.9. The first-order valence-corrected chi connectivity index (χ1v) is 5.88. The van der Waals surface area contributed by atoms with Crippen LogP contribution in [-0.2, 0) is 0 Å². The first-order chi connectivity index (χ1) is 6.15. The van der Waals surface area contributed by atoms with E-state index in [1.165, 1.54) is 25.8 Å². The lowest BCUT2D eigenvalue weighted by atomic mass is 9.85. The normalized spacial score (nSPS) is 33.2. The average molecular weight is 183 g/mol. The van der Waals surface area contributed by atoms with E-state index in [1.807, 2.05) is 0 Å². The number of hydrogen-bond donors (Lipinski definition) is 1. The van der Waals surface area contributed by atoms with Crippen molar-refractivity contribution in [2.24, 2.45) is 17.8 Å². The second-order valence-electron chi connectivity index (χ2n) is 4.93. The molecular formula is C12H25N. The van der Waals surface area contributed by atoms with E-state index in [2.05, 4.69) is 33.0 Å². The molecule has 0 radical (unpaired) electrons. The van der Waals surface area contributed by atoms with E-state index in [0.717, 1.165) is 23.8 Å². The summed E-state index contributed by atoms with van der Waals surface area (Å²) in [6.07, 6.45) is 4.07. The summed E-state index contributed by atoms with van der Waals surface area (Å²) in [6.45, 7) is 10.7. The first kappa shape index (κ1) is 11.0. The molecule has 0 aliphatic carbocycles. The Hall–Kier alpha value is -0.0400. The molecule has 78 valence electrons. The fourth-order valence-electron chi connectivity index (χ4n) is 2.25. The van der Waals surface area contributed by atoms with Crippen LogP contribution in [0.2, 0.25) is 0 Å². The molecule has 0 amide bonds. The molecule has 0 aromatic heterocycles. The molecule has 4 atom stereocenters. The highest BCUT2D eigenvalue weighted by Gasteiger charge is 2.25. The summed E-state index contributed by atoms with van der Waals surface area (Å²) >= 11 is 0. The van der Waals surface area contributed by atoms with E-state index in [1.54, 1.807) is 0 Å². The summed E-state index contributed by atoms with van der Waals surface area (Å²) in [6, 6.07) is 0.795. The summed E-state index contributed by atoms with van der Waals surface area (Å²) in [5.41, 5.74) is 0. The van der Waals surface area contributed by atoms with Crippen LogP contribution in [0.5, 0.6) is 0 Å². The van der Waals surface area contributed by atoms with Gasteiger partial charge in [-0.25, -0.2) is 0 Å². The van der Waals surface area contributed by atoms with Crippen molar-refractivity contribution < 1.29 is 0 Å². The van der Waals surface area contributed by atoms with Gasteiger partial charge in [-0.15, -0.1) is 0 Å². The zero-order valence-electron chi connectivity index (χ0n) is 9.64. The number of hydrogen-bond acceptors (Lipinski definition) is 1. The molecule has 0 saturated carbocycles. The Morgan fingerprint density at radius 2 is 2.00 bits per heavy atom. The topological polar surface area (TPSA) is 12.0 Å². The van der Waals surface area contributed by atoms with E-state index in [0.29, 0.717) is 0 Å². The van der Waals surface area contributed by atoms with E-state index < -0.39 is 0 Å². The summed E-state index contributed by atoms with van der Waals surface area (Å²) in [7, 11) is 0. The van der Waals surface area contributed by atoms with Gasteiger partial charge in [0.05, 0.1) is 0 Å². The zero-order valence-corrected chi connectivity index (χ0v) is 9.64. The van der Waals surface area contributed by atoms with Crippen molar-refractivity contribution >= 4 is 0 Å². The zero-order chi connectivity index (χ0) is 9.84. The van der Waals surface area contributed by atoms with Crippen LogP contribution in [0.4, 0.5) is 0 Å². The van der Waals surface area contributed by atoms with Crippen LogP contribution < -0.4 is 5.32 Å². The van der Waals surface area contributed by atoms with Crippen LogP contribution in [-0.4, -0.2) is 12.6 Å². The van der Waals surface area contributed by atoms with Crippen molar-refractivity contribution in [1.82, 2.24) is 5.32 Å². The molecule has 0 aromatic rings. The molecule has 1 aliphatic rings. The minimum atomic E-state index is 0.795. The Balaban J connectivity index is 2.30. The van der Waals surface area contributed by atoms with Crippen LogP contribution in [0, 0.1) is 17.8 Å². The molecule has 1 rings (SSSR count). The highest BCUT2D eigenvalue weighted by Crippen LogP contribution is 2.25. The van der Waals surface area contributed by atoms with Gasteiger partial charge in [0.2, 0.25) is 0 Å². The maximum Gasteiger partial charge on any atom is 0.00958 e. The molecule has 13 heavy (non-hydrogen) atoms. The molecule has 0 bridgehead atoms. The minimum absolute atomic E-state index is 0.795. The molecule has 1 N–H and O–H groups in total. The van der Waals surface area contributed by atoms with Gasteiger partial charge in [-0.05, 0) is 37.1 Å².